The molecule has 5 heteroatoms. The number of thioether (sulfide) groups is 1. The molecule has 3 aliphatic rings. The molecule has 4 nitrogen and oxygen atoms in total. The Hall–Kier alpha value is -0.0700. The minimum absolute atomic E-state index is 0.109. The lowest BCUT2D eigenvalue weighted by molar-refractivity contribution is -0.104. The van der Waals surface area contributed by atoms with E-state index in [0.29, 0.717) is 26.4 Å². The second-order valence-corrected chi connectivity index (χ2v) is 4.82. The number of hydrogen-bond acceptors (Lipinski definition) is 5. The Morgan fingerprint density at radius 3 is 2.13 bits per heavy atom. The van der Waals surface area contributed by atoms with Crippen LogP contribution >= 0.6 is 11.8 Å². The second kappa shape index (κ2) is 4.43. The summed E-state index contributed by atoms with van der Waals surface area (Å²) < 4.78 is 22.1. The van der Waals surface area contributed by atoms with Gasteiger partial charge in [0, 0.05) is 5.92 Å². The Bertz CT molecular complexity index is 246. The Kier molecular flexibility index (Phi) is 2.98. The maximum absolute atomic E-state index is 5.53. The first-order valence-electron chi connectivity index (χ1n) is 5.24. The predicted molar refractivity (Wildman–Crippen MR) is 55.4 cm³/mol. The van der Waals surface area contributed by atoms with Crippen LogP contribution in [0.2, 0.25) is 0 Å². The molecule has 15 heavy (non-hydrogen) atoms. The zero-order valence-corrected chi connectivity index (χ0v) is 9.15. The molecule has 0 aliphatic carbocycles. The fraction of sp³-hybridized carbons (Fsp3) is 0.800. The molecule has 0 radical (unpaired) electrons. The second-order valence-electron chi connectivity index (χ2n) is 3.73. The van der Waals surface area contributed by atoms with Crippen molar-refractivity contribution in [1.82, 2.24) is 0 Å². The van der Waals surface area contributed by atoms with Crippen LogP contribution in [0.4, 0.5) is 0 Å². The Morgan fingerprint density at radius 2 is 1.47 bits per heavy atom. The SMILES string of the molecule is C1=C[C@H](C2OCCO2)[C@@H](C2OCCO2)S1. The first-order valence-corrected chi connectivity index (χ1v) is 6.18. The van der Waals surface area contributed by atoms with Crippen LogP contribution in [0.15, 0.2) is 11.5 Å². The third-order valence-electron chi connectivity index (χ3n) is 2.79. The van der Waals surface area contributed by atoms with E-state index in [-0.39, 0.29) is 23.7 Å². The van der Waals surface area contributed by atoms with Crippen LogP contribution in [0.1, 0.15) is 0 Å². The molecule has 0 aromatic rings. The minimum atomic E-state index is -0.117. The van der Waals surface area contributed by atoms with Crippen LogP contribution in [-0.4, -0.2) is 44.3 Å². The normalized spacial score (nSPS) is 38.1. The highest BCUT2D eigenvalue weighted by atomic mass is 32.2. The van der Waals surface area contributed by atoms with E-state index in [0.717, 1.165) is 0 Å². The van der Waals surface area contributed by atoms with E-state index < -0.39 is 0 Å². The summed E-state index contributed by atoms with van der Waals surface area (Å²) in [5.41, 5.74) is 0. The highest BCUT2D eigenvalue weighted by Crippen LogP contribution is 2.38. The van der Waals surface area contributed by atoms with Gasteiger partial charge in [-0.3, -0.25) is 0 Å². The summed E-state index contributed by atoms with van der Waals surface area (Å²) in [6.07, 6.45) is 1.91. The van der Waals surface area contributed by atoms with Gasteiger partial charge in [-0.1, -0.05) is 6.08 Å². The van der Waals surface area contributed by atoms with E-state index in [1.807, 2.05) is 0 Å². The third kappa shape index (κ3) is 1.94. The van der Waals surface area contributed by atoms with Crippen LogP contribution in [0.5, 0.6) is 0 Å². The van der Waals surface area contributed by atoms with Crippen LogP contribution in [0.3, 0.4) is 0 Å². The van der Waals surface area contributed by atoms with Gasteiger partial charge in [-0.25, -0.2) is 0 Å². The van der Waals surface area contributed by atoms with Crippen molar-refractivity contribution >= 4 is 11.8 Å². The van der Waals surface area contributed by atoms with Crippen molar-refractivity contribution in [3.63, 3.8) is 0 Å². The van der Waals surface area contributed by atoms with Crippen LogP contribution in [0.25, 0.3) is 0 Å². The molecule has 0 aromatic carbocycles. The molecule has 2 fully saturated rings. The lowest BCUT2D eigenvalue weighted by Crippen LogP contribution is -2.35. The Balaban J connectivity index is 1.67. The van der Waals surface area contributed by atoms with Gasteiger partial charge in [0.2, 0.25) is 0 Å². The van der Waals surface area contributed by atoms with E-state index >= 15 is 0 Å². The molecule has 2 saturated heterocycles. The lowest BCUT2D eigenvalue weighted by atomic mass is 10.0. The van der Waals surface area contributed by atoms with Gasteiger partial charge >= 0.3 is 0 Å². The molecule has 0 unspecified atom stereocenters. The number of hydrogen-bond donors (Lipinski definition) is 0. The van der Waals surface area contributed by atoms with Gasteiger partial charge < -0.3 is 18.9 Å². The van der Waals surface area contributed by atoms with Crippen molar-refractivity contribution in [2.75, 3.05) is 26.4 Å². The average molecular weight is 230 g/mol. The van der Waals surface area contributed by atoms with Gasteiger partial charge in [0.1, 0.15) is 0 Å². The zero-order chi connectivity index (χ0) is 10.1. The third-order valence-corrected chi connectivity index (χ3v) is 3.96. The predicted octanol–water partition coefficient (Wildman–Crippen LogP) is 0.977. The fourth-order valence-corrected chi connectivity index (χ4v) is 3.22. The Morgan fingerprint density at radius 1 is 0.867 bits per heavy atom. The van der Waals surface area contributed by atoms with Crippen molar-refractivity contribution in [2.24, 2.45) is 5.92 Å². The lowest BCUT2D eigenvalue weighted by Gasteiger charge is -2.26. The molecule has 0 bridgehead atoms. The molecule has 3 rings (SSSR count). The van der Waals surface area contributed by atoms with Crippen LogP contribution < -0.4 is 0 Å². The standard InChI is InChI=1S/C10H14O4S/c1-6-15-8(10-13-4-5-14-10)7(1)9-11-2-3-12-9/h1,6-10H,2-5H2/t7-,8-/m0/s1. The van der Waals surface area contributed by atoms with Crippen molar-refractivity contribution < 1.29 is 18.9 Å². The van der Waals surface area contributed by atoms with E-state index in [4.69, 9.17) is 18.9 Å². The quantitative estimate of drug-likeness (QED) is 0.706. The summed E-state index contributed by atoms with van der Waals surface area (Å²) in [6, 6.07) is 0. The molecular formula is C10H14O4S. The van der Waals surface area contributed by atoms with E-state index in [1.165, 1.54) is 0 Å². The summed E-state index contributed by atoms with van der Waals surface area (Å²) in [5.74, 6) is 0.251. The van der Waals surface area contributed by atoms with Crippen molar-refractivity contribution in [3.05, 3.63) is 11.5 Å². The highest BCUT2D eigenvalue weighted by Gasteiger charge is 2.41. The average Bonchev–Trinajstić information content (AvgIpc) is 3.01. The van der Waals surface area contributed by atoms with Gasteiger partial charge in [-0.05, 0) is 5.41 Å². The fourth-order valence-electron chi connectivity index (χ4n) is 2.08. The summed E-state index contributed by atoms with van der Waals surface area (Å²) in [4.78, 5) is 0. The molecule has 3 heterocycles. The Labute approximate surface area is 92.9 Å². The zero-order valence-electron chi connectivity index (χ0n) is 8.33. The molecular weight excluding hydrogens is 216 g/mol. The van der Waals surface area contributed by atoms with Gasteiger partial charge in [0.25, 0.3) is 0 Å². The summed E-state index contributed by atoms with van der Waals surface area (Å²) >= 11 is 1.74. The number of ether oxygens (including phenoxy) is 4. The van der Waals surface area contributed by atoms with Gasteiger partial charge in [0.15, 0.2) is 12.6 Å². The molecule has 0 aromatic heterocycles. The minimum Gasteiger partial charge on any atom is -0.350 e. The maximum atomic E-state index is 5.53. The summed E-state index contributed by atoms with van der Waals surface area (Å²) in [5, 5.41) is 2.36. The largest absolute Gasteiger partial charge is 0.350 e. The first kappa shape index (κ1) is 10.1. The molecule has 84 valence electrons. The molecule has 0 N–H and O–H groups in total. The number of rotatable bonds is 2. The molecule has 3 aliphatic heterocycles. The van der Waals surface area contributed by atoms with Gasteiger partial charge in [-0.15, -0.1) is 11.8 Å². The van der Waals surface area contributed by atoms with Crippen LogP contribution in [0, 0.1) is 5.92 Å². The molecule has 0 spiro atoms. The first-order chi connectivity index (χ1) is 7.45. The van der Waals surface area contributed by atoms with E-state index in [9.17, 15) is 0 Å². The smallest absolute Gasteiger partial charge is 0.170 e. The van der Waals surface area contributed by atoms with Crippen molar-refractivity contribution in [1.29, 1.82) is 0 Å². The molecule has 0 amide bonds. The van der Waals surface area contributed by atoms with Crippen molar-refractivity contribution in [2.45, 2.75) is 17.8 Å². The molecule has 2 atom stereocenters. The summed E-state index contributed by atoms with van der Waals surface area (Å²) in [6.45, 7) is 2.78. The monoisotopic (exact) mass is 230 g/mol. The maximum Gasteiger partial charge on any atom is 0.170 e. The van der Waals surface area contributed by atoms with Gasteiger partial charge in [0.05, 0.1) is 31.7 Å². The molecule has 0 saturated carbocycles. The van der Waals surface area contributed by atoms with Gasteiger partial charge in [-0.2, -0.15) is 0 Å². The van der Waals surface area contributed by atoms with E-state index in [2.05, 4.69) is 11.5 Å². The van der Waals surface area contributed by atoms with Crippen LogP contribution in [-0.2, 0) is 18.9 Å². The topological polar surface area (TPSA) is 36.9 Å². The highest BCUT2D eigenvalue weighted by molar-refractivity contribution is 8.03. The summed E-state index contributed by atoms with van der Waals surface area (Å²) in [7, 11) is 0. The van der Waals surface area contributed by atoms with Crippen molar-refractivity contribution in [3.8, 4) is 0 Å². The van der Waals surface area contributed by atoms with E-state index in [1.54, 1.807) is 11.8 Å².